The average molecular weight is 561 g/mol. The number of fused-ring (bicyclic) bond motifs is 6. The molecule has 0 atom stereocenters. The fourth-order valence-corrected chi connectivity index (χ4v) is 6.35. The van der Waals surface area contributed by atoms with Crippen LogP contribution in [0.2, 0.25) is 0 Å². The molecule has 0 amide bonds. The molecule has 0 spiro atoms. The highest BCUT2D eigenvalue weighted by Gasteiger charge is 2.13. The highest BCUT2D eigenvalue weighted by Crippen LogP contribution is 2.34. The molecule has 44 heavy (non-hydrogen) atoms. The smallest absolute Gasteiger partial charge is 0.0971 e. The maximum Gasteiger partial charge on any atom is 0.0971 e. The van der Waals surface area contributed by atoms with Crippen molar-refractivity contribution in [3.8, 4) is 33.6 Å². The first-order valence-corrected chi connectivity index (χ1v) is 14.7. The standard InChI is InChI=1S/C40H24N4/c1-2-9-31-25(6-1)7-3-10-32(31)37-18-14-28-22-26(12-16-35(28)43-37)27-13-17-36-29(23-27)15-19-38(44-36)34-24-30-8-4-20-41-39(30)40-33(34)11-5-21-42-40/h1-24H. The van der Waals surface area contributed by atoms with Gasteiger partial charge in [0.15, 0.2) is 0 Å². The van der Waals surface area contributed by atoms with E-state index < -0.39 is 0 Å². The Kier molecular flexibility index (Phi) is 5.47. The summed E-state index contributed by atoms with van der Waals surface area (Å²) in [5.41, 5.74) is 10.2. The molecule has 5 aromatic carbocycles. The SMILES string of the molecule is c1ccc2c(-c3ccc4cc(-c5ccc6nc(-c7cc8cccnc8c8ncccc78)ccc6c5)ccc4n3)cccc2c1. The first-order valence-electron chi connectivity index (χ1n) is 14.7. The summed E-state index contributed by atoms with van der Waals surface area (Å²) in [5.74, 6) is 0. The van der Waals surface area contributed by atoms with Gasteiger partial charge < -0.3 is 0 Å². The fraction of sp³-hybridized carbons (Fsp3) is 0. The van der Waals surface area contributed by atoms with Crippen molar-refractivity contribution >= 4 is 54.4 Å². The molecule has 0 aliphatic rings. The summed E-state index contributed by atoms with van der Waals surface area (Å²) in [4.78, 5) is 19.4. The average Bonchev–Trinajstić information content (AvgIpc) is 3.10. The van der Waals surface area contributed by atoms with Crippen LogP contribution in [0.5, 0.6) is 0 Å². The molecule has 4 aromatic heterocycles. The van der Waals surface area contributed by atoms with Crippen molar-refractivity contribution in [2.75, 3.05) is 0 Å². The van der Waals surface area contributed by atoms with Gasteiger partial charge in [0.1, 0.15) is 0 Å². The van der Waals surface area contributed by atoms with Gasteiger partial charge in [0.25, 0.3) is 0 Å². The van der Waals surface area contributed by atoms with Crippen molar-refractivity contribution in [2.24, 2.45) is 0 Å². The number of benzene rings is 5. The number of pyridine rings is 4. The van der Waals surface area contributed by atoms with E-state index in [0.717, 1.165) is 77.3 Å². The van der Waals surface area contributed by atoms with Gasteiger partial charge in [0, 0.05) is 45.1 Å². The van der Waals surface area contributed by atoms with Crippen molar-refractivity contribution in [3.63, 3.8) is 0 Å². The van der Waals surface area contributed by atoms with Crippen LogP contribution >= 0.6 is 0 Å². The molecule has 4 nitrogen and oxygen atoms in total. The van der Waals surface area contributed by atoms with Gasteiger partial charge in [-0.3, -0.25) is 9.97 Å². The Hall–Kier alpha value is -6.00. The molecule has 9 aromatic rings. The van der Waals surface area contributed by atoms with Crippen LogP contribution in [0, 0.1) is 0 Å². The van der Waals surface area contributed by atoms with E-state index in [9.17, 15) is 0 Å². The molecule has 4 heterocycles. The van der Waals surface area contributed by atoms with Gasteiger partial charge in [-0.25, -0.2) is 9.97 Å². The summed E-state index contributed by atoms with van der Waals surface area (Å²) in [6.07, 6.45) is 3.64. The van der Waals surface area contributed by atoms with E-state index in [4.69, 9.17) is 9.97 Å². The molecule has 4 heteroatoms. The quantitative estimate of drug-likeness (QED) is 0.202. The second-order valence-electron chi connectivity index (χ2n) is 11.1. The van der Waals surface area contributed by atoms with Gasteiger partial charge in [-0.05, 0) is 76.5 Å². The van der Waals surface area contributed by atoms with E-state index in [1.807, 2.05) is 24.5 Å². The molecule has 204 valence electrons. The number of hydrogen-bond donors (Lipinski definition) is 0. The minimum atomic E-state index is 0.896. The molecule has 0 bridgehead atoms. The number of aromatic nitrogens is 4. The van der Waals surface area contributed by atoms with Gasteiger partial charge >= 0.3 is 0 Å². The van der Waals surface area contributed by atoms with E-state index >= 15 is 0 Å². The number of rotatable bonds is 3. The van der Waals surface area contributed by atoms with Crippen molar-refractivity contribution in [2.45, 2.75) is 0 Å². The predicted octanol–water partition coefficient (Wildman–Crippen LogP) is 10.0. The second-order valence-corrected chi connectivity index (χ2v) is 11.1. The van der Waals surface area contributed by atoms with E-state index in [1.165, 1.54) is 10.8 Å². The normalized spacial score (nSPS) is 11.6. The maximum atomic E-state index is 5.09. The van der Waals surface area contributed by atoms with Crippen molar-refractivity contribution in [1.82, 2.24) is 19.9 Å². The summed E-state index contributed by atoms with van der Waals surface area (Å²) in [6.45, 7) is 0. The monoisotopic (exact) mass is 560 g/mol. The summed E-state index contributed by atoms with van der Waals surface area (Å²) in [6, 6.07) is 46.7. The van der Waals surface area contributed by atoms with Crippen LogP contribution in [0.3, 0.4) is 0 Å². The molecule has 0 saturated carbocycles. The Labute approximate surface area is 253 Å². The Balaban J connectivity index is 1.09. The van der Waals surface area contributed by atoms with Crippen molar-refractivity contribution in [1.29, 1.82) is 0 Å². The Bertz CT molecular complexity index is 2560. The lowest BCUT2D eigenvalue weighted by Gasteiger charge is -2.11. The summed E-state index contributed by atoms with van der Waals surface area (Å²) < 4.78 is 0. The molecule has 0 aliphatic heterocycles. The zero-order valence-corrected chi connectivity index (χ0v) is 23.6. The zero-order chi connectivity index (χ0) is 29.0. The lowest BCUT2D eigenvalue weighted by molar-refractivity contribution is 1.36. The molecule has 9 rings (SSSR count). The van der Waals surface area contributed by atoms with Gasteiger partial charge in [-0.2, -0.15) is 0 Å². The lowest BCUT2D eigenvalue weighted by Crippen LogP contribution is -1.91. The largest absolute Gasteiger partial charge is 0.254 e. The first-order chi connectivity index (χ1) is 21.8. The molecule has 0 N–H and O–H groups in total. The minimum absolute atomic E-state index is 0.896. The van der Waals surface area contributed by atoms with Crippen LogP contribution < -0.4 is 0 Å². The molecular weight excluding hydrogens is 536 g/mol. The number of nitrogens with zero attached hydrogens (tertiary/aromatic N) is 4. The Morgan fingerprint density at radius 1 is 0.364 bits per heavy atom. The van der Waals surface area contributed by atoms with Gasteiger partial charge in [0.2, 0.25) is 0 Å². The van der Waals surface area contributed by atoms with Crippen LogP contribution in [-0.4, -0.2) is 19.9 Å². The molecule has 0 radical (unpaired) electrons. The zero-order valence-electron chi connectivity index (χ0n) is 23.6. The fourth-order valence-electron chi connectivity index (χ4n) is 6.35. The van der Waals surface area contributed by atoms with Crippen LogP contribution in [-0.2, 0) is 0 Å². The van der Waals surface area contributed by atoms with E-state index in [-0.39, 0.29) is 0 Å². The van der Waals surface area contributed by atoms with Gasteiger partial charge in [-0.1, -0.05) is 78.9 Å². The number of hydrogen-bond acceptors (Lipinski definition) is 4. The lowest BCUT2D eigenvalue weighted by atomic mass is 9.98. The predicted molar refractivity (Wildman–Crippen MR) is 181 cm³/mol. The van der Waals surface area contributed by atoms with E-state index in [0.29, 0.717) is 0 Å². The molecule has 0 saturated heterocycles. The minimum Gasteiger partial charge on any atom is -0.254 e. The summed E-state index contributed by atoms with van der Waals surface area (Å²) >= 11 is 0. The van der Waals surface area contributed by atoms with Gasteiger partial charge in [-0.15, -0.1) is 0 Å². The highest BCUT2D eigenvalue weighted by atomic mass is 14.7. The molecule has 0 fully saturated rings. The third-order valence-electron chi connectivity index (χ3n) is 8.51. The summed E-state index contributed by atoms with van der Waals surface area (Å²) in [5, 5.41) is 6.76. The Morgan fingerprint density at radius 2 is 0.977 bits per heavy atom. The first kappa shape index (κ1) is 24.6. The second kappa shape index (κ2) is 9.79. The molecular formula is C40H24N4. The third-order valence-corrected chi connectivity index (χ3v) is 8.51. The van der Waals surface area contributed by atoms with Crippen LogP contribution in [0.25, 0.3) is 88.0 Å². The van der Waals surface area contributed by atoms with Gasteiger partial charge in [0.05, 0.1) is 33.5 Å². The van der Waals surface area contributed by atoms with E-state index in [2.05, 4.69) is 131 Å². The van der Waals surface area contributed by atoms with Crippen molar-refractivity contribution < 1.29 is 0 Å². The highest BCUT2D eigenvalue weighted by molar-refractivity contribution is 6.10. The maximum absolute atomic E-state index is 5.09. The molecule has 0 aliphatic carbocycles. The van der Waals surface area contributed by atoms with Crippen LogP contribution in [0.4, 0.5) is 0 Å². The van der Waals surface area contributed by atoms with Crippen LogP contribution in [0.1, 0.15) is 0 Å². The Morgan fingerprint density at radius 3 is 1.75 bits per heavy atom. The topological polar surface area (TPSA) is 51.6 Å². The van der Waals surface area contributed by atoms with E-state index in [1.54, 1.807) is 0 Å². The van der Waals surface area contributed by atoms with Crippen molar-refractivity contribution in [3.05, 3.63) is 146 Å². The molecule has 0 unspecified atom stereocenters. The third kappa shape index (κ3) is 4.00. The van der Waals surface area contributed by atoms with Crippen LogP contribution in [0.15, 0.2) is 146 Å². The summed E-state index contributed by atoms with van der Waals surface area (Å²) in [7, 11) is 0.